The fourth-order valence-electron chi connectivity index (χ4n) is 6.54. The van der Waals surface area contributed by atoms with Crippen LogP contribution in [-0.2, 0) is 60.3 Å². The van der Waals surface area contributed by atoms with Crippen molar-refractivity contribution in [2.45, 2.75) is 0 Å². The SMILES string of the molecule is [C-]#[O+].[Pt].[Pt].[SH-].c1ccc(P(c2ccccc2)c2ccccc2)cc1.c1ccc(P(c2ccccc2)c2ccccc2)cc1.c1ccc(P(c2ccccc2)c2ccccc2)cc1. The molecule has 0 N–H and O–H groups in total. The van der Waals surface area contributed by atoms with Gasteiger partial charge in [0.25, 0.3) is 0 Å². The molecule has 62 heavy (non-hydrogen) atoms. The average Bonchev–Trinajstić information content (AvgIpc) is 3.34. The largest absolute Gasteiger partial charge is 0.813 e. The first-order valence-corrected chi connectivity index (χ1v) is 23.4. The van der Waals surface area contributed by atoms with Crippen LogP contribution in [0, 0.1) is 6.65 Å². The number of hydrogen-bond donors (Lipinski definition) is 0. The molecule has 0 aliphatic rings. The van der Waals surface area contributed by atoms with E-state index in [4.69, 9.17) is 4.65 Å². The molecule has 0 saturated heterocycles. The van der Waals surface area contributed by atoms with E-state index in [2.05, 4.69) is 280 Å². The van der Waals surface area contributed by atoms with Crippen molar-refractivity contribution in [1.82, 2.24) is 0 Å². The minimum Gasteiger partial charge on any atom is -0.813 e. The maximum Gasteiger partial charge on any atom is 0 e. The molecule has 314 valence electrons. The van der Waals surface area contributed by atoms with E-state index in [9.17, 15) is 0 Å². The predicted molar refractivity (Wildman–Crippen MR) is 268 cm³/mol. The second kappa shape index (κ2) is 29.9. The zero-order valence-electron chi connectivity index (χ0n) is 33.8. The molecule has 0 radical (unpaired) electrons. The van der Waals surface area contributed by atoms with Crippen molar-refractivity contribution in [3.63, 3.8) is 0 Å². The Bertz CT molecular complexity index is 1930. The van der Waals surface area contributed by atoms with Crippen LogP contribution in [0.2, 0.25) is 0 Å². The summed E-state index contributed by atoms with van der Waals surface area (Å²) < 4.78 is 7.50. The fourth-order valence-corrected chi connectivity index (χ4v) is 13.5. The summed E-state index contributed by atoms with van der Waals surface area (Å²) in [6, 6.07) is 97.0. The molecule has 0 aromatic heterocycles. The molecule has 0 unspecified atom stereocenters. The molecule has 0 fully saturated rings. The van der Waals surface area contributed by atoms with Crippen LogP contribution in [-0.4, -0.2) is 0 Å². The van der Waals surface area contributed by atoms with Crippen LogP contribution in [0.25, 0.3) is 0 Å². The van der Waals surface area contributed by atoms with Gasteiger partial charge < -0.3 is 13.5 Å². The third-order valence-electron chi connectivity index (χ3n) is 9.13. The molecule has 1 nitrogen and oxygen atoms in total. The second-order valence-corrected chi connectivity index (χ2v) is 19.7. The summed E-state index contributed by atoms with van der Waals surface area (Å²) in [4.78, 5) is 0. The van der Waals surface area contributed by atoms with Crippen molar-refractivity contribution in [2.75, 3.05) is 0 Å². The number of hydrogen-bond acceptors (Lipinski definition) is 1. The van der Waals surface area contributed by atoms with E-state index in [1.54, 1.807) is 0 Å². The van der Waals surface area contributed by atoms with Crippen molar-refractivity contribution >= 4 is 85.0 Å². The van der Waals surface area contributed by atoms with E-state index in [-0.39, 0.29) is 55.6 Å². The fraction of sp³-hybridized carbons (Fsp3) is 0. The Morgan fingerprint density at radius 3 is 0.355 bits per heavy atom. The third kappa shape index (κ3) is 15.5. The summed E-state index contributed by atoms with van der Waals surface area (Å²) in [5, 5.41) is 12.6. The van der Waals surface area contributed by atoms with Crippen LogP contribution >= 0.6 is 23.8 Å². The molecule has 9 rings (SSSR count). The molecule has 7 heteroatoms. The maximum atomic E-state index is 7.50. The quantitative estimate of drug-likeness (QED) is 0.0464. The number of thiol groups is 1. The van der Waals surface area contributed by atoms with Crippen molar-refractivity contribution in [1.29, 1.82) is 0 Å². The summed E-state index contributed by atoms with van der Waals surface area (Å²) >= 11 is 0. The van der Waals surface area contributed by atoms with E-state index in [1.807, 2.05) is 0 Å². The van der Waals surface area contributed by atoms with Gasteiger partial charge in [0.05, 0.1) is 0 Å². The van der Waals surface area contributed by atoms with Gasteiger partial charge in [-0.25, -0.2) is 0 Å². The van der Waals surface area contributed by atoms with Crippen molar-refractivity contribution in [2.24, 2.45) is 0 Å². The topological polar surface area (TPSA) is 19.9 Å². The summed E-state index contributed by atoms with van der Waals surface area (Å²) in [6.45, 7) is 4.50. The van der Waals surface area contributed by atoms with Crippen LogP contribution in [0.15, 0.2) is 273 Å². The Balaban J connectivity index is 0.000000237. The molecule has 0 aliphatic carbocycles. The molecule has 0 bridgehead atoms. The molecular weight excluding hydrogens is 1190 g/mol. The molecule has 0 atom stereocenters. The molecule has 9 aromatic rings. The van der Waals surface area contributed by atoms with E-state index < -0.39 is 23.8 Å². The Kier molecular flexibility index (Phi) is 25.1. The summed E-state index contributed by atoms with van der Waals surface area (Å²) in [5.41, 5.74) is 0. The standard InChI is InChI=1S/3C18H15P.CO.2Pt.H2S/c3*1-4-10-16(11-5-1)19(17-12-6-2-7-13-17)18-14-8-3-9-15-18;1-2;;;/h3*1-15H;;;;1H2/p-1. The van der Waals surface area contributed by atoms with Gasteiger partial charge in [0.1, 0.15) is 0 Å². The van der Waals surface area contributed by atoms with Crippen LogP contribution in [0.1, 0.15) is 0 Å². The van der Waals surface area contributed by atoms with Crippen LogP contribution < -0.4 is 47.7 Å². The Labute approximate surface area is 408 Å². The van der Waals surface area contributed by atoms with Crippen molar-refractivity contribution < 1.29 is 46.8 Å². The van der Waals surface area contributed by atoms with Crippen LogP contribution in [0.4, 0.5) is 0 Å². The summed E-state index contributed by atoms with van der Waals surface area (Å²) in [5.74, 6) is 0. The van der Waals surface area contributed by atoms with E-state index in [1.165, 1.54) is 47.7 Å². The van der Waals surface area contributed by atoms with Gasteiger partial charge in [-0.1, -0.05) is 273 Å². The predicted octanol–water partition coefficient (Wildman–Crippen LogP) is 10.0. The second-order valence-electron chi connectivity index (χ2n) is 13.0. The summed E-state index contributed by atoms with van der Waals surface area (Å²) in [7, 11) is -1.34. The van der Waals surface area contributed by atoms with Gasteiger partial charge in [-0.05, 0) is 71.5 Å². The van der Waals surface area contributed by atoms with Gasteiger partial charge in [0.2, 0.25) is 0 Å². The first kappa shape index (κ1) is 52.1. The first-order chi connectivity index (χ1) is 29.3. The van der Waals surface area contributed by atoms with Crippen molar-refractivity contribution in [3.8, 4) is 0 Å². The van der Waals surface area contributed by atoms with Gasteiger partial charge in [-0.3, -0.25) is 0 Å². The van der Waals surface area contributed by atoms with Crippen molar-refractivity contribution in [3.05, 3.63) is 280 Å². The number of rotatable bonds is 9. The van der Waals surface area contributed by atoms with Gasteiger partial charge in [-0.2, -0.15) is 0 Å². The molecule has 0 saturated carbocycles. The molecule has 0 amide bonds. The normalized spacial score (nSPS) is 9.76. The molecule has 9 aromatic carbocycles. The monoisotopic (exact) mass is 1240 g/mol. The van der Waals surface area contributed by atoms with E-state index >= 15 is 0 Å². The Morgan fingerprint density at radius 2 is 0.274 bits per heavy atom. The Morgan fingerprint density at radius 1 is 0.194 bits per heavy atom. The van der Waals surface area contributed by atoms with Gasteiger partial charge in [0, 0.05) is 42.1 Å². The third-order valence-corrected chi connectivity index (χ3v) is 16.5. The molecule has 0 aliphatic heterocycles. The zero-order chi connectivity index (χ0) is 40.7. The van der Waals surface area contributed by atoms with Gasteiger partial charge in [0.15, 0.2) is 0 Å². The zero-order valence-corrected chi connectivity index (χ0v) is 41.9. The minimum atomic E-state index is -0.446. The van der Waals surface area contributed by atoms with E-state index in [0.717, 1.165) is 0 Å². The van der Waals surface area contributed by atoms with Crippen LogP contribution in [0.3, 0.4) is 0 Å². The first-order valence-electron chi connectivity index (χ1n) is 19.4. The van der Waals surface area contributed by atoms with Crippen LogP contribution in [0.5, 0.6) is 0 Å². The molecule has 0 spiro atoms. The molecular formula is C55H46OP3Pt2S-. The minimum absolute atomic E-state index is 0. The molecule has 0 heterocycles. The Hall–Kier alpha value is -4.26. The smallest absolute Gasteiger partial charge is 0 e. The maximum absolute atomic E-state index is 7.50. The van der Waals surface area contributed by atoms with Gasteiger partial charge in [-0.15, -0.1) is 0 Å². The summed E-state index contributed by atoms with van der Waals surface area (Å²) in [6.07, 6.45) is 0. The van der Waals surface area contributed by atoms with Gasteiger partial charge >= 0.3 is 11.3 Å². The number of benzene rings is 9. The average molecular weight is 1240 g/mol. The van der Waals surface area contributed by atoms with E-state index in [0.29, 0.717) is 0 Å².